The molecule has 1 aromatic rings. The van der Waals surface area contributed by atoms with E-state index in [1.54, 1.807) is 0 Å². The number of carbonyl (C=O) groups excluding carboxylic acids is 2. The molecule has 0 aromatic heterocycles. The zero-order valence-electron chi connectivity index (χ0n) is 18.1. The van der Waals surface area contributed by atoms with Gasteiger partial charge in [0.25, 0.3) is 5.91 Å². The van der Waals surface area contributed by atoms with Crippen molar-refractivity contribution < 1.29 is 19.1 Å². The van der Waals surface area contributed by atoms with Crippen LogP contribution in [0.1, 0.15) is 54.9 Å². The largest absolute Gasteiger partial charge is 0.461 e. The predicted molar refractivity (Wildman–Crippen MR) is 114 cm³/mol. The number of hydrogen-bond acceptors (Lipinski definition) is 5. The van der Waals surface area contributed by atoms with Gasteiger partial charge in [0.2, 0.25) is 0 Å². The molecule has 1 amide bonds. The van der Waals surface area contributed by atoms with Crippen LogP contribution in [-0.2, 0) is 20.7 Å². The normalized spacial score (nSPS) is 24.2. The molecule has 30 heavy (non-hydrogen) atoms. The zero-order chi connectivity index (χ0) is 21.0. The second kappa shape index (κ2) is 9.48. The summed E-state index contributed by atoms with van der Waals surface area (Å²) in [4.78, 5) is 29.9. The fourth-order valence-corrected chi connectivity index (χ4v) is 4.93. The number of unbranched alkanes of at least 4 members (excludes halogenated alkanes) is 1. The minimum atomic E-state index is -0.405. The third kappa shape index (κ3) is 4.70. The number of piperidine rings is 1. The Balaban J connectivity index is 1.30. The van der Waals surface area contributed by atoms with E-state index in [2.05, 4.69) is 24.0 Å². The fourth-order valence-electron chi connectivity index (χ4n) is 4.93. The van der Waals surface area contributed by atoms with Crippen molar-refractivity contribution in [3.63, 3.8) is 0 Å². The van der Waals surface area contributed by atoms with E-state index < -0.39 is 5.41 Å². The first-order valence-electron chi connectivity index (χ1n) is 11.5. The molecular weight excluding hydrogens is 380 g/mol. The summed E-state index contributed by atoms with van der Waals surface area (Å²) in [5, 5.41) is 0. The first kappa shape index (κ1) is 21.3. The number of carbonyl (C=O) groups is 2. The van der Waals surface area contributed by atoms with Gasteiger partial charge in [-0.3, -0.25) is 14.5 Å². The molecule has 3 fully saturated rings. The number of likely N-dealkylation sites (tertiary alicyclic amines) is 1. The molecule has 3 saturated heterocycles. The Kier molecular flexibility index (Phi) is 6.74. The summed E-state index contributed by atoms with van der Waals surface area (Å²) in [7, 11) is 0. The minimum Gasteiger partial charge on any atom is -0.461 e. The Labute approximate surface area is 179 Å². The van der Waals surface area contributed by atoms with Gasteiger partial charge in [-0.1, -0.05) is 25.5 Å². The van der Waals surface area contributed by atoms with Gasteiger partial charge < -0.3 is 14.4 Å². The van der Waals surface area contributed by atoms with Crippen molar-refractivity contribution in [2.24, 2.45) is 5.41 Å². The molecule has 0 bridgehead atoms. The third-order valence-electron chi connectivity index (χ3n) is 6.92. The Morgan fingerprint density at radius 1 is 1.10 bits per heavy atom. The molecule has 1 unspecified atom stereocenters. The highest BCUT2D eigenvalue weighted by atomic mass is 16.6. The lowest BCUT2D eigenvalue weighted by Crippen LogP contribution is -2.45. The van der Waals surface area contributed by atoms with E-state index in [1.807, 2.05) is 17.0 Å². The molecule has 3 heterocycles. The smallest absolute Gasteiger partial charge is 0.312 e. The zero-order valence-corrected chi connectivity index (χ0v) is 18.1. The quantitative estimate of drug-likeness (QED) is 0.670. The molecule has 1 atom stereocenters. The SMILES string of the molecule is CCCCc1ccc(C(=O)N2CCC3(CC2)CC(CN2CCOCC2)OC3=O)cc1. The number of hydrogen-bond donors (Lipinski definition) is 0. The number of morpholine rings is 1. The molecule has 0 saturated carbocycles. The van der Waals surface area contributed by atoms with E-state index in [0.717, 1.165) is 51.3 Å². The lowest BCUT2D eigenvalue weighted by molar-refractivity contribution is -0.151. The Bertz CT molecular complexity index is 734. The Morgan fingerprint density at radius 3 is 2.47 bits per heavy atom. The average Bonchev–Trinajstić information content (AvgIpc) is 3.07. The van der Waals surface area contributed by atoms with Gasteiger partial charge in [-0.2, -0.15) is 0 Å². The van der Waals surface area contributed by atoms with Crippen molar-refractivity contribution >= 4 is 11.9 Å². The van der Waals surface area contributed by atoms with Gasteiger partial charge >= 0.3 is 5.97 Å². The second-order valence-corrected chi connectivity index (χ2v) is 9.02. The molecule has 3 aliphatic heterocycles. The van der Waals surface area contributed by atoms with Crippen molar-refractivity contribution in [3.8, 4) is 0 Å². The molecule has 0 radical (unpaired) electrons. The lowest BCUT2D eigenvalue weighted by Gasteiger charge is -2.36. The van der Waals surface area contributed by atoms with Crippen LogP contribution in [0.3, 0.4) is 0 Å². The van der Waals surface area contributed by atoms with E-state index >= 15 is 0 Å². The number of esters is 1. The molecule has 1 aromatic carbocycles. The van der Waals surface area contributed by atoms with Gasteiger partial charge in [-0.15, -0.1) is 0 Å². The van der Waals surface area contributed by atoms with Gasteiger partial charge in [0, 0.05) is 44.7 Å². The minimum absolute atomic E-state index is 0.0338. The standard InChI is InChI=1S/C24H34N2O4/c1-2-3-4-19-5-7-20(8-6-19)22(27)26-11-9-24(10-12-26)17-21(30-23(24)28)18-25-13-15-29-16-14-25/h5-8,21H,2-4,9-18H2,1H3. The van der Waals surface area contributed by atoms with Crippen molar-refractivity contribution in [2.45, 2.75) is 51.6 Å². The van der Waals surface area contributed by atoms with Crippen molar-refractivity contribution in [2.75, 3.05) is 45.9 Å². The van der Waals surface area contributed by atoms with Crippen LogP contribution in [0.25, 0.3) is 0 Å². The number of benzene rings is 1. The lowest BCUT2D eigenvalue weighted by atomic mass is 9.76. The Morgan fingerprint density at radius 2 is 1.80 bits per heavy atom. The monoisotopic (exact) mass is 414 g/mol. The molecule has 0 N–H and O–H groups in total. The van der Waals surface area contributed by atoms with E-state index in [0.29, 0.717) is 25.9 Å². The number of aryl methyl sites for hydroxylation is 1. The van der Waals surface area contributed by atoms with Crippen LogP contribution >= 0.6 is 0 Å². The molecular formula is C24H34N2O4. The first-order chi connectivity index (χ1) is 14.6. The summed E-state index contributed by atoms with van der Waals surface area (Å²) in [6.07, 6.45) is 5.55. The second-order valence-electron chi connectivity index (χ2n) is 9.02. The number of ether oxygens (including phenoxy) is 2. The van der Waals surface area contributed by atoms with E-state index in [4.69, 9.17) is 9.47 Å². The predicted octanol–water partition coefficient (Wildman–Crippen LogP) is 2.90. The number of rotatable bonds is 6. The van der Waals surface area contributed by atoms with Crippen LogP contribution in [0.2, 0.25) is 0 Å². The van der Waals surface area contributed by atoms with Crippen LogP contribution in [0.5, 0.6) is 0 Å². The third-order valence-corrected chi connectivity index (χ3v) is 6.92. The maximum absolute atomic E-state index is 12.9. The van der Waals surface area contributed by atoms with Crippen molar-refractivity contribution in [1.29, 1.82) is 0 Å². The molecule has 3 aliphatic rings. The highest BCUT2D eigenvalue weighted by Gasteiger charge is 2.51. The van der Waals surface area contributed by atoms with Crippen LogP contribution < -0.4 is 0 Å². The highest BCUT2D eigenvalue weighted by Crippen LogP contribution is 2.43. The summed E-state index contributed by atoms with van der Waals surface area (Å²) in [6.45, 7) is 7.54. The molecule has 6 nitrogen and oxygen atoms in total. The fraction of sp³-hybridized carbons (Fsp3) is 0.667. The molecule has 164 valence electrons. The van der Waals surface area contributed by atoms with Crippen molar-refractivity contribution in [3.05, 3.63) is 35.4 Å². The summed E-state index contributed by atoms with van der Waals surface area (Å²) in [5.41, 5.74) is 1.62. The maximum atomic E-state index is 12.9. The van der Waals surface area contributed by atoms with Crippen LogP contribution in [-0.4, -0.2) is 73.7 Å². The van der Waals surface area contributed by atoms with Gasteiger partial charge in [0.1, 0.15) is 6.10 Å². The molecule has 4 rings (SSSR count). The number of nitrogens with zero attached hydrogens (tertiary/aromatic N) is 2. The summed E-state index contributed by atoms with van der Waals surface area (Å²) in [5.74, 6) is 0.0104. The first-order valence-corrected chi connectivity index (χ1v) is 11.5. The molecule has 6 heteroatoms. The van der Waals surface area contributed by atoms with E-state index in [9.17, 15) is 9.59 Å². The van der Waals surface area contributed by atoms with Crippen LogP contribution in [0.4, 0.5) is 0 Å². The van der Waals surface area contributed by atoms with Crippen molar-refractivity contribution in [1.82, 2.24) is 9.80 Å². The number of amides is 1. The van der Waals surface area contributed by atoms with E-state index in [-0.39, 0.29) is 18.0 Å². The maximum Gasteiger partial charge on any atom is 0.312 e. The van der Waals surface area contributed by atoms with Crippen LogP contribution in [0, 0.1) is 5.41 Å². The highest BCUT2D eigenvalue weighted by molar-refractivity contribution is 5.94. The van der Waals surface area contributed by atoms with Gasteiger partial charge in [0.05, 0.1) is 18.6 Å². The van der Waals surface area contributed by atoms with Crippen LogP contribution in [0.15, 0.2) is 24.3 Å². The summed E-state index contributed by atoms with van der Waals surface area (Å²) >= 11 is 0. The van der Waals surface area contributed by atoms with E-state index in [1.165, 1.54) is 18.4 Å². The Hall–Kier alpha value is -1.92. The molecule has 1 spiro atoms. The van der Waals surface area contributed by atoms with Gasteiger partial charge in [-0.05, 0) is 43.4 Å². The average molecular weight is 415 g/mol. The van der Waals surface area contributed by atoms with Gasteiger partial charge in [-0.25, -0.2) is 0 Å². The topological polar surface area (TPSA) is 59.1 Å². The van der Waals surface area contributed by atoms with Gasteiger partial charge in [0.15, 0.2) is 0 Å². The molecule has 0 aliphatic carbocycles. The number of cyclic esters (lactones) is 1. The summed E-state index contributed by atoms with van der Waals surface area (Å²) < 4.78 is 11.2. The summed E-state index contributed by atoms with van der Waals surface area (Å²) in [6, 6.07) is 8.03.